The van der Waals surface area contributed by atoms with Crippen molar-refractivity contribution in [3.05, 3.63) is 126 Å². The molecule has 4 aromatic carbocycles. The molecular weight excluding hydrogens is 578 g/mol. The molecule has 8 nitrogen and oxygen atoms in total. The fourth-order valence-electron chi connectivity index (χ4n) is 6.45. The molecule has 0 amide bonds. The van der Waals surface area contributed by atoms with Gasteiger partial charge in [0.25, 0.3) is 0 Å². The number of rotatable bonds is 9. The molecule has 0 spiro atoms. The second kappa shape index (κ2) is 12.9. The summed E-state index contributed by atoms with van der Waals surface area (Å²) in [6.07, 6.45) is 5.13. The third-order valence-corrected chi connectivity index (χ3v) is 8.50. The smallest absolute Gasteiger partial charge is 0.352 e. The molecule has 0 saturated carbocycles. The number of carboxylic acids is 1. The fraction of sp³-hybridized carbons (Fsp3) is 0.211. The second-order valence-corrected chi connectivity index (χ2v) is 11.4. The Morgan fingerprint density at radius 2 is 1.70 bits per heavy atom. The number of aryl methyl sites for hydroxylation is 2. The molecule has 8 heteroatoms. The Bertz CT molecular complexity index is 2050. The number of aromatic nitrogens is 3. The molecule has 0 atom stereocenters. The summed E-state index contributed by atoms with van der Waals surface area (Å²) in [7, 11) is 1.91. The SMILES string of the molecule is Cn1nc(COc2ccccc2)c2c1COC/C=C\Cn1c(C(=O)O)c(CCCOc3cccc4ccccc34)c3cccc-2c31. The van der Waals surface area contributed by atoms with Crippen molar-refractivity contribution in [2.45, 2.75) is 32.6 Å². The van der Waals surface area contributed by atoms with Gasteiger partial charge in [0.1, 0.15) is 29.5 Å². The van der Waals surface area contributed by atoms with E-state index >= 15 is 0 Å². The Balaban J connectivity index is 1.28. The number of allylic oxidation sites excluding steroid dienone is 1. The minimum atomic E-state index is -0.953. The Labute approximate surface area is 267 Å². The fourth-order valence-corrected chi connectivity index (χ4v) is 6.45. The van der Waals surface area contributed by atoms with E-state index in [-0.39, 0.29) is 6.61 Å². The lowest BCUT2D eigenvalue weighted by atomic mass is 9.98. The van der Waals surface area contributed by atoms with Crippen molar-refractivity contribution >= 4 is 27.6 Å². The molecule has 0 fully saturated rings. The lowest BCUT2D eigenvalue weighted by Crippen LogP contribution is -2.11. The van der Waals surface area contributed by atoms with Crippen LogP contribution in [0.2, 0.25) is 0 Å². The van der Waals surface area contributed by atoms with E-state index in [0.29, 0.717) is 44.9 Å². The van der Waals surface area contributed by atoms with Crippen LogP contribution in [0.3, 0.4) is 0 Å². The highest BCUT2D eigenvalue weighted by Gasteiger charge is 2.27. The lowest BCUT2D eigenvalue weighted by Gasteiger charge is -2.12. The summed E-state index contributed by atoms with van der Waals surface area (Å²) in [6, 6.07) is 29.9. The molecule has 6 aromatic rings. The van der Waals surface area contributed by atoms with E-state index in [9.17, 15) is 9.90 Å². The number of carboxylic acid groups (broad SMARTS) is 1. The predicted octanol–water partition coefficient (Wildman–Crippen LogP) is 7.57. The molecular formula is C38H35N3O5. The van der Waals surface area contributed by atoms with Crippen molar-refractivity contribution in [3.63, 3.8) is 0 Å². The van der Waals surface area contributed by atoms with Crippen LogP contribution in [-0.4, -0.2) is 38.6 Å². The quantitative estimate of drug-likeness (QED) is 0.134. The van der Waals surface area contributed by atoms with E-state index in [1.54, 1.807) is 0 Å². The molecule has 46 heavy (non-hydrogen) atoms. The highest BCUT2D eigenvalue weighted by atomic mass is 16.5. The average Bonchev–Trinajstić information content (AvgIpc) is 3.56. The summed E-state index contributed by atoms with van der Waals surface area (Å²) >= 11 is 0. The normalized spacial score (nSPS) is 13.7. The average molecular weight is 614 g/mol. The van der Waals surface area contributed by atoms with Gasteiger partial charge in [0.05, 0.1) is 31.0 Å². The van der Waals surface area contributed by atoms with Crippen LogP contribution in [0.1, 0.15) is 33.9 Å². The van der Waals surface area contributed by atoms with Gasteiger partial charge in [-0.15, -0.1) is 0 Å². The number of nitrogens with zero attached hydrogens (tertiary/aromatic N) is 3. The van der Waals surface area contributed by atoms with Crippen molar-refractivity contribution in [2.75, 3.05) is 13.2 Å². The first kappa shape index (κ1) is 29.4. The number of para-hydroxylation sites is 2. The van der Waals surface area contributed by atoms with Gasteiger partial charge in [-0.1, -0.05) is 84.9 Å². The number of benzene rings is 4. The molecule has 0 aliphatic carbocycles. The molecule has 3 heterocycles. The van der Waals surface area contributed by atoms with E-state index in [0.717, 1.165) is 61.3 Å². The van der Waals surface area contributed by atoms with Gasteiger partial charge in [-0.05, 0) is 42.0 Å². The van der Waals surface area contributed by atoms with Crippen molar-refractivity contribution in [2.24, 2.45) is 7.05 Å². The third kappa shape index (κ3) is 5.63. The van der Waals surface area contributed by atoms with Gasteiger partial charge in [0.2, 0.25) is 0 Å². The van der Waals surface area contributed by atoms with E-state index in [1.165, 1.54) is 0 Å². The van der Waals surface area contributed by atoms with E-state index in [1.807, 2.05) is 101 Å². The first-order chi connectivity index (χ1) is 22.6. The van der Waals surface area contributed by atoms with Crippen LogP contribution < -0.4 is 9.47 Å². The molecule has 232 valence electrons. The van der Waals surface area contributed by atoms with Gasteiger partial charge in [0, 0.05) is 35.5 Å². The van der Waals surface area contributed by atoms with Crippen LogP contribution >= 0.6 is 0 Å². The topological polar surface area (TPSA) is 87.7 Å². The highest BCUT2D eigenvalue weighted by Crippen LogP contribution is 2.39. The second-order valence-electron chi connectivity index (χ2n) is 11.4. The van der Waals surface area contributed by atoms with Crippen LogP contribution in [0.25, 0.3) is 32.8 Å². The summed E-state index contributed by atoms with van der Waals surface area (Å²) < 4.78 is 22.2. The van der Waals surface area contributed by atoms with Gasteiger partial charge in [-0.3, -0.25) is 4.68 Å². The van der Waals surface area contributed by atoms with Crippen LogP contribution in [0, 0.1) is 0 Å². The monoisotopic (exact) mass is 613 g/mol. The number of fused-ring (bicyclic) bond motifs is 3. The van der Waals surface area contributed by atoms with Crippen molar-refractivity contribution in [1.29, 1.82) is 0 Å². The summed E-state index contributed by atoms with van der Waals surface area (Å²) in [5, 5.41) is 18.6. The summed E-state index contributed by atoms with van der Waals surface area (Å²) in [6.45, 7) is 1.88. The summed E-state index contributed by atoms with van der Waals surface area (Å²) in [5.41, 5.74) is 5.46. The molecule has 2 aromatic heterocycles. The maximum atomic E-state index is 13.0. The zero-order chi connectivity index (χ0) is 31.5. The predicted molar refractivity (Wildman–Crippen MR) is 178 cm³/mol. The minimum Gasteiger partial charge on any atom is -0.493 e. The van der Waals surface area contributed by atoms with Gasteiger partial charge in [0.15, 0.2) is 0 Å². The molecule has 7 rings (SSSR count). The largest absolute Gasteiger partial charge is 0.493 e. The van der Waals surface area contributed by atoms with Crippen molar-refractivity contribution in [1.82, 2.24) is 14.3 Å². The number of carbonyl (C=O) groups is 1. The van der Waals surface area contributed by atoms with E-state index in [2.05, 4.69) is 18.2 Å². The molecule has 0 bridgehead atoms. The van der Waals surface area contributed by atoms with Gasteiger partial charge in [-0.25, -0.2) is 4.79 Å². The molecule has 0 unspecified atom stereocenters. The first-order valence-electron chi connectivity index (χ1n) is 15.5. The molecule has 1 aliphatic heterocycles. The molecule has 1 aliphatic rings. The Kier molecular flexibility index (Phi) is 8.27. The zero-order valence-corrected chi connectivity index (χ0v) is 25.7. The number of hydrogen-bond donors (Lipinski definition) is 1. The van der Waals surface area contributed by atoms with Gasteiger partial charge >= 0.3 is 5.97 Å². The third-order valence-electron chi connectivity index (χ3n) is 8.50. The van der Waals surface area contributed by atoms with Crippen molar-refractivity contribution in [3.8, 4) is 22.6 Å². The van der Waals surface area contributed by atoms with Gasteiger partial charge in [-0.2, -0.15) is 5.10 Å². The number of ether oxygens (including phenoxy) is 3. The molecule has 0 radical (unpaired) electrons. The van der Waals surface area contributed by atoms with Crippen LogP contribution in [0.15, 0.2) is 103 Å². The molecule has 1 N–H and O–H groups in total. The van der Waals surface area contributed by atoms with E-state index < -0.39 is 5.97 Å². The minimum absolute atomic E-state index is 0.257. The lowest BCUT2D eigenvalue weighted by molar-refractivity contribution is 0.0685. The van der Waals surface area contributed by atoms with Crippen molar-refractivity contribution < 1.29 is 24.1 Å². The van der Waals surface area contributed by atoms with Crippen LogP contribution in [0.4, 0.5) is 0 Å². The number of aromatic carboxylic acids is 1. The summed E-state index contributed by atoms with van der Waals surface area (Å²) in [5.74, 6) is 0.630. The van der Waals surface area contributed by atoms with Gasteiger partial charge < -0.3 is 23.9 Å². The zero-order valence-electron chi connectivity index (χ0n) is 25.7. The number of hydrogen-bond acceptors (Lipinski definition) is 5. The maximum absolute atomic E-state index is 13.0. The summed E-state index contributed by atoms with van der Waals surface area (Å²) in [4.78, 5) is 13.0. The standard InChI is InChI=1S/C38H35N3O5/c1-40-33-25-44-22-8-7-21-41-36-29(17-10-18-31(36)35(33)32(39-40)24-46-27-14-3-2-4-15-27)30(37(41)38(42)43)19-11-23-45-34-20-9-13-26-12-5-6-16-28(26)34/h2-10,12-18,20H,11,19,21-25H2,1H3,(H,42,43)/b8-7-. The molecule has 0 saturated heterocycles. The first-order valence-corrected chi connectivity index (χ1v) is 15.5. The Hall–Kier alpha value is -5.34. The Morgan fingerprint density at radius 1 is 0.913 bits per heavy atom. The Morgan fingerprint density at radius 3 is 2.57 bits per heavy atom. The maximum Gasteiger partial charge on any atom is 0.352 e. The van der Waals surface area contributed by atoms with E-state index in [4.69, 9.17) is 19.3 Å². The highest BCUT2D eigenvalue weighted by molar-refractivity contribution is 6.04. The van der Waals surface area contributed by atoms with Crippen LogP contribution in [0.5, 0.6) is 11.5 Å². The van der Waals surface area contributed by atoms with Crippen LogP contribution in [-0.2, 0) is 38.0 Å².